The second-order valence-corrected chi connectivity index (χ2v) is 7.15. The van der Waals surface area contributed by atoms with E-state index in [9.17, 15) is 9.90 Å². The standard InChI is InChI=1S/C22H29N3O3/c1-18(22(27)23-19-8-4-2-5-9-19)25-14-12-24(13-15-25)16-20(26)17-28-21-10-6-3-7-11-21/h2-11,18,20,26H,12-17H2,1H3,(H,23,27). The lowest BCUT2D eigenvalue weighted by atomic mass is 10.2. The number of aliphatic hydroxyl groups is 1. The van der Waals surface area contributed by atoms with E-state index in [0.29, 0.717) is 6.54 Å². The van der Waals surface area contributed by atoms with Crippen LogP contribution < -0.4 is 10.1 Å². The second kappa shape index (κ2) is 10.2. The largest absolute Gasteiger partial charge is 0.491 e. The van der Waals surface area contributed by atoms with Gasteiger partial charge in [-0.25, -0.2) is 0 Å². The number of nitrogens with zero attached hydrogens (tertiary/aromatic N) is 2. The normalized spacial score (nSPS) is 17.6. The Bertz CT molecular complexity index is 718. The van der Waals surface area contributed by atoms with Crippen molar-refractivity contribution in [3.05, 3.63) is 60.7 Å². The molecule has 2 atom stereocenters. The van der Waals surface area contributed by atoms with Crippen LogP contribution in [0.25, 0.3) is 0 Å². The number of nitrogens with one attached hydrogen (secondary N) is 1. The fourth-order valence-corrected chi connectivity index (χ4v) is 3.33. The molecule has 1 aliphatic heterocycles. The molecule has 0 aliphatic carbocycles. The van der Waals surface area contributed by atoms with Crippen LogP contribution in [0.1, 0.15) is 6.92 Å². The first kappa shape index (κ1) is 20.3. The number of hydrogen-bond donors (Lipinski definition) is 2. The number of carbonyl (C=O) groups is 1. The van der Waals surface area contributed by atoms with Crippen LogP contribution >= 0.6 is 0 Å². The maximum Gasteiger partial charge on any atom is 0.241 e. The minimum atomic E-state index is -0.537. The molecule has 1 amide bonds. The number of β-amino-alcohol motifs (C(OH)–C–C–N with tert-alkyl or cyclic N) is 1. The molecule has 0 bridgehead atoms. The van der Waals surface area contributed by atoms with Crippen molar-refractivity contribution >= 4 is 11.6 Å². The van der Waals surface area contributed by atoms with Crippen LogP contribution in [0.3, 0.4) is 0 Å². The molecule has 3 rings (SSSR count). The van der Waals surface area contributed by atoms with Crippen molar-refractivity contribution in [2.45, 2.75) is 19.1 Å². The zero-order chi connectivity index (χ0) is 19.8. The number of rotatable bonds is 8. The first-order valence-electron chi connectivity index (χ1n) is 9.80. The smallest absolute Gasteiger partial charge is 0.241 e. The van der Waals surface area contributed by atoms with E-state index >= 15 is 0 Å². The van der Waals surface area contributed by atoms with Crippen LogP contribution in [0.4, 0.5) is 5.69 Å². The highest BCUT2D eigenvalue weighted by Crippen LogP contribution is 2.12. The molecule has 0 radical (unpaired) electrons. The van der Waals surface area contributed by atoms with Gasteiger partial charge >= 0.3 is 0 Å². The molecule has 2 N–H and O–H groups in total. The van der Waals surface area contributed by atoms with E-state index in [0.717, 1.165) is 37.6 Å². The molecule has 0 saturated carbocycles. The van der Waals surface area contributed by atoms with Gasteiger partial charge in [-0.1, -0.05) is 36.4 Å². The summed E-state index contributed by atoms with van der Waals surface area (Å²) in [4.78, 5) is 16.9. The number of aliphatic hydroxyl groups excluding tert-OH is 1. The maximum atomic E-state index is 12.5. The SMILES string of the molecule is CC(C(=O)Nc1ccccc1)N1CCN(CC(O)COc2ccccc2)CC1. The van der Waals surface area contributed by atoms with Crippen molar-refractivity contribution in [1.82, 2.24) is 9.80 Å². The predicted octanol–water partition coefficient (Wildman–Crippen LogP) is 2.07. The highest BCUT2D eigenvalue weighted by molar-refractivity contribution is 5.94. The lowest BCUT2D eigenvalue weighted by Crippen LogP contribution is -2.54. The number of benzene rings is 2. The quantitative estimate of drug-likeness (QED) is 0.731. The molecule has 2 unspecified atom stereocenters. The summed E-state index contributed by atoms with van der Waals surface area (Å²) < 4.78 is 5.62. The molecule has 1 heterocycles. The zero-order valence-corrected chi connectivity index (χ0v) is 16.3. The first-order valence-corrected chi connectivity index (χ1v) is 9.80. The van der Waals surface area contributed by atoms with Gasteiger partial charge in [0.25, 0.3) is 0 Å². The second-order valence-electron chi connectivity index (χ2n) is 7.15. The summed E-state index contributed by atoms with van der Waals surface area (Å²) in [6.07, 6.45) is -0.537. The fourth-order valence-electron chi connectivity index (χ4n) is 3.33. The summed E-state index contributed by atoms with van der Waals surface area (Å²) in [6, 6.07) is 18.9. The Hall–Kier alpha value is -2.41. The van der Waals surface area contributed by atoms with Gasteiger partial charge in [0.15, 0.2) is 0 Å². The Kier molecular flexibility index (Phi) is 7.42. The Morgan fingerprint density at radius 3 is 2.29 bits per heavy atom. The molecule has 6 nitrogen and oxygen atoms in total. The summed E-state index contributed by atoms with van der Waals surface area (Å²) in [5, 5.41) is 13.2. The van der Waals surface area contributed by atoms with Gasteiger partial charge in [0, 0.05) is 38.4 Å². The Balaban J connectivity index is 1.38. The van der Waals surface area contributed by atoms with E-state index in [2.05, 4.69) is 15.1 Å². The van der Waals surface area contributed by atoms with Gasteiger partial charge in [0.1, 0.15) is 18.5 Å². The van der Waals surface area contributed by atoms with Gasteiger partial charge < -0.3 is 15.2 Å². The Morgan fingerprint density at radius 1 is 1.04 bits per heavy atom. The van der Waals surface area contributed by atoms with Gasteiger partial charge in [-0.2, -0.15) is 0 Å². The molecule has 2 aromatic carbocycles. The summed E-state index contributed by atoms with van der Waals surface area (Å²) >= 11 is 0. The Morgan fingerprint density at radius 2 is 1.64 bits per heavy atom. The maximum absolute atomic E-state index is 12.5. The average molecular weight is 383 g/mol. The van der Waals surface area contributed by atoms with Crippen LogP contribution in [-0.4, -0.2) is 72.3 Å². The highest BCUT2D eigenvalue weighted by atomic mass is 16.5. The number of amides is 1. The molecular formula is C22H29N3O3. The van der Waals surface area contributed by atoms with Crippen molar-refractivity contribution in [3.8, 4) is 5.75 Å². The van der Waals surface area contributed by atoms with Crippen LogP contribution in [0.2, 0.25) is 0 Å². The van der Waals surface area contributed by atoms with Crippen molar-refractivity contribution in [1.29, 1.82) is 0 Å². The van der Waals surface area contributed by atoms with Gasteiger partial charge in [0.05, 0.1) is 6.04 Å². The van der Waals surface area contributed by atoms with E-state index in [4.69, 9.17) is 4.74 Å². The minimum absolute atomic E-state index is 0.0101. The molecule has 2 aromatic rings. The molecule has 28 heavy (non-hydrogen) atoms. The number of anilines is 1. The third-order valence-corrected chi connectivity index (χ3v) is 5.03. The number of hydrogen-bond acceptors (Lipinski definition) is 5. The third-order valence-electron chi connectivity index (χ3n) is 5.03. The van der Waals surface area contributed by atoms with Crippen molar-refractivity contribution in [2.24, 2.45) is 0 Å². The summed E-state index contributed by atoms with van der Waals surface area (Å²) in [7, 11) is 0. The summed E-state index contributed by atoms with van der Waals surface area (Å²) in [5.74, 6) is 0.778. The van der Waals surface area contributed by atoms with Crippen LogP contribution in [-0.2, 0) is 4.79 Å². The van der Waals surface area contributed by atoms with Crippen molar-refractivity contribution < 1.29 is 14.6 Å². The van der Waals surface area contributed by atoms with Gasteiger partial charge in [0.2, 0.25) is 5.91 Å². The lowest BCUT2D eigenvalue weighted by Gasteiger charge is -2.38. The molecule has 1 fully saturated rings. The lowest BCUT2D eigenvalue weighted by molar-refractivity contribution is -0.121. The third kappa shape index (κ3) is 6.05. The molecular weight excluding hydrogens is 354 g/mol. The van der Waals surface area contributed by atoms with Crippen molar-refractivity contribution in [2.75, 3.05) is 44.6 Å². The number of ether oxygens (including phenoxy) is 1. The van der Waals surface area contributed by atoms with Gasteiger partial charge in [-0.05, 0) is 31.2 Å². The van der Waals surface area contributed by atoms with E-state index < -0.39 is 6.10 Å². The fraction of sp³-hybridized carbons (Fsp3) is 0.409. The van der Waals surface area contributed by atoms with Crippen molar-refractivity contribution in [3.63, 3.8) is 0 Å². The molecule has 0 aromatic heterocycles. The monoisotopic (exact) mass is 383 g/mol. The molecule has 0 spiro atoms. The molecule has 1 aliphatic rings. The van der Waals surface area contributed by atoms with E-state index in [1.165, 1.54) is 0 Å². The van der Waals surface area contributed by atoms with Crippen LogP contribution in [0.5, 0.6) is 5.75 Å². The average Bonchev–Trinajstić information content (AvgIpc) is 2.74. The predicted molar refractivity (Wildman–Crippen MR) is 110 cm³/mol. The van der Waals surface area contributed by atoms with E-state index in [-0.39, 0.29) is 18.6 Å². The number of para-hydroxylation sites is 2. The van der Waals surface area contributed by atoms with Crippen LogP contribution in [0, 0.1) is 0 Å². The molecule has 150 valence electrons. The number of carbonyl (C=O) groups excluding carboxylic acids is 1. The topological polar surface area (TPSA) is 65.0 Å². The van der Waals surface area contributed by atoms with Gasteiger partial charge in [-0.15, -0.1) is 0 Å². The Labute approximate surface area is 166 Å². The van der Waals surface area contributed by atoms with Gasteiger partial charge in [-0.3, -0.25) is 14.6 Å². The summed E-state index contributed by atoms with van der Waals surface area (Å²) in [5.41, 5.74) is 0.819. The minimum Gasteiger partial charge on any atom is -0.491 e. The highest BCUT2D eigenvalue weighted by Gasteiger charge is 2.26. The van der Waals surface area contributed by atoms with Crippen LogP contribution in [0.15, 0.2) is 60.7 Å². The number of piperazine rings is 1. The van der Waals surface area contributed by atoms with E-state index in [1.54, 1.807) is 0 Å². The zero-order valence-electron chi connectivity index (χ0n) is 16.3. The molecule has 1 saturated heterocycles. The van der Waals surface area contributed by atoms with E-state index in [1.807, 2.05) is 67.6 Å². The first-order chi connectivity index (χ1) is 13.6. The summed E-state index contributed by atoms with van der Waals surface area (Å²) in [6.45, 7) is 6.05. The molecule has 6 heteroatoms.